The fourth-order valence-corrected chi connectivity index (χ4v) is 0.792. The van der Waals surface area contributed by atoms with Crippen LogP contribution in [0.15, 0.2) is 9.00 Å². The highest BCUT2D eigenvalue weighted by atomic mass is 79.9. The number of halogens is 1. The van der Waals surface area contributed by atoms with E-state index >= 15 is 0 Å². The SMILES string of the molecule is Cc1noc(NC(N)=O)c1Br. The number of primary amides is 1. The predicted octanol–water partition coefficient (Wildman–Crippen LogP) is 1.24. The van der Waals surface area contributed by atoms with Gasteiger partial charge >= 0.3 is 6.03 Å². The van der Waals surface area contributed by atoms with E-state index in [1.54, 1.807) is 6.92 Å². The maximum Gasteiger partial charge on any atom is 0.319 e. The van der Waals surface area contributed by atoms with Crippen LogP contribution in [0.1, 0.15) is 5.69 Å². The molecule has 2 amide bonds. The monoisotopic (exact) mass is 219 g/mol. The van der Waals surface area contributed by atoms with Crippen LogP contribution in [0.3, 0.4) is 0 Å². The van der Waals surface area contributed by atoms with Gasteiger partial charge in [0, 0.05) is 0 Å². The lowest BCUT2D eigenvalue weighted by Gasteiger charge is -1.93. The molecule has 0 aliphatic heterocycles. The molecule has 60 valence electrons. The summed E-state index contributed by atoms with van der Waals surface area (Å²) in [6, 6.07) is -0.679. The molecular formula is C5H6BrN3O2. The smallest absolute Gasteiger partial charge is 0.319 e. The standard InChI is InChI=1S/C5H6BrN3O2/c1-2-3(6)4(11-9-2)8-5(7)10/h1H3,(H3,7,8,10). The number of aromatic nitrogens is 1. The van der Waals surface area contributed by atoms with Gasteiger partial charge in [-0.1, -0.05) is 5.16 Å². The quantitative estimate of drug-likeness (QED) is 0.746. The molecule has 0 saturated carbocycles. The van der Waals surface area contributed by atoms with Crippen LogP contribution < -0.4 is 11.1 Å². The van der Waals surface area contributed by atoms with Gasteiger partial charge in [-0.25, -0.2) is 4.79 Å². The van der Waals surface area contributed by atoms with E-state index in [4.69, 9.17) is 10.3 Å². The molecule has 0 aliphatic rings. The molecule has 0 fully saturated rings. The van der Waals surface area contributed by atoms with Crippen molar-refractivity contribution in [1.82, 2.24) is 5.16 Å². The van der Waals surface area contributed by atoms with Crippen LogP contribution in [0.2, 0.25) is 0 Å². The summed E-state index contributed by atoms with van der Waals surface area (Å²) in [6.45, 7) is 1.74. The van der Waals surface area contributed by atoms with Crippen molar-refractivity contribution >= 4 is 27.8 Å². The second kappa shape index (κ2) is 2.91. The summed E-state index contributed by atoms with van der Waals surface area (Å²) in [6.07, 6.45) is 0. The Labute approximate surface area is 71.0 Å². The Kier molecular flexibility index (Phi) is 2.13. The molecule has 0 radical (unpaired) electrons. The minimum atomic E-state index is -0.679. The van der Waals surface area contributed by atoms with E-state index in [2.05, 4.69) is 26.4 Å². The Morgan fingerprint density at radius 1 is 1.82 bits per heavy atom. The molecule has 3 N–H and O–H groups in total. The molecule has 5 nitrogen and oxygen atoms in total. The van der Waals surface area contributed by atoms with Crippen molar-refractivity contribution in [1.29, 1.82) is 0 Å². The maximum atomic E-state index is 10.3. The fourth-order valence-electron chi connectivity index (χ4n) is 0.548. The van der Waals surface area contributed by atoms with Gasteiger partial charge in [-0.2, -0.15) is 0 Å². The molecule has 0 saturated heterocycles. The first-order valence-electron chi connectivity index (χ1n) is 2.79. The maximum absolute atomic E-state index is 10.3. The van der Waals surface area contributed by atoms with Crippen molar-refractivity contribution < 1.29 is 9.32 Å². The number of hydrogen-bond donors (Lipinski definition) is 2. The third-order valence-corrected chi connectivity index (χ3v) is 1.96. The Hall–Kier alpha value is -1.04. The van der Waals surface area contributed by atoms with Gasteiger partial charge in [0.2, 0.25) is 5.88 Å². The van der Waals surface area contributed by atoms with Crippen LogP contribution in [0.4, 0.5) is 10.7 Å². The number of nitrogens with two attached hydrogens (primary N) is 1. The van der Waals surface area contributed by atoms with Crippen molar-refractivity contribution in [3.63, 3.8) is 0 Å². The Bertz CT molecular complexity index is 283. The summed E-state index contributed by atoms with van der Waals surface area (Å²) in [5.74, 6) is 0.231. The van der Waals surface area contributed by atoms with Gasteiger partial charge in [-0.3, -0.25) is 5.32 Å². The molecule has 0 spiro atoms. The summed E-state index contributed by atoms with van der Waals surface area (Å²) < 4.78 is 5.30. The number of nitrogens with zero attached hydrogens (tertiary/aromatic N) is 1. The van der Waals surface area contributed by atoms with Gasteiger partial charge in [0.15, 0.2) is 0 Å². The molecule has 0 atom stereocenters. The van der Waals surface area contributed by atoms with Crippen LogP contribution in [0.25, 0.3) is 0 Å². The first kappa shape index (κ1) is 8.06. The highest BCUT2D eigenvalue weighted by Crippen LogP contribution is 2.24. The van der Waals surface area contributed by atoms with Crippen molar-refractivity contribution in [2.24, 2.45) is 5.73 Å². The molecule has 1 rings (SSSR count). The summed E-state index contributed by atoms with van der Waals surface area (Å²) in [5, 5.41) is 5.83. The Morgan fingerprint density at radius 3 is 2.82 bits per heavy atom. The second-order valence-corrected chi connectivity index (χ2v) is 2.69. The molecule has 0 unspecified atom stereocenters. The second-order valence-electron chi connectivity index (χ2n) is 1.90. The molecule has 0 bridgehead atoms. The lowest BCUT2D eigenvalue weighted by Crippen LogP contribution is -2.19. The number of carbonyl (C=O) groups excluding carboxylic acids is 1. The highest BCUT2D eigenvalue weighted by Gasteiger charge is 2.10. The number of rotatable bonds is 1. The van der Waals surface area contributed by atoms with E-state index in [0.717, 1.165) is 0 Å². The number of aryl methyl sites for hydroxylation is 1. The van der Waals surface area contributed by atoms with Crippen molar-refractivity contribution in [3.05, 3.63) is 10.2 Å². The third-order valence-electron chi connectivity index (χ3n) is 1.03. The first-order valence-corrected chi connectivity index (χ1v) is 3.59. The topological polar surface area (TPSA) is 81.2 Å². The molecule has 1 heterocycles. The zero-order chi connectivity index (χ0) is 8.43. The van der Waals surface area contributed by atoms with Crippen molar-refractivity contribution in [2.75, 3.05) is 5.32 Å². The van der Waals surface area contributed by atoms with E-state index in [-0.39, 0.29) is 5.88 Å². The van der Waals surface area contributed by atoms with Crippen molar-refractivity contribution in [2.45, 2.75) is 6.92 Å². The van der Waals surface area contributed by atoms with Gasteiger partial charge in [-0.05, 0) is 22.9 Å². The zero-order valence-corrected chi connectivity index (χ0v) is 7.31. The fraction of sp³-hybridized carbons (Fsp3) is 0.200. The van der Waals surface area contributed by atoms with Gasteiger partial charge in [-0.15, -0.1) is 0 Å². The number of carbonyl (C=O) groups is 1. The lowest BCUT2D eigenvalue weighted by molar-refractivity contribution is 0.258. The molecule has 0 aliphatic carbocycles. The van der Waals surface area contributed by atoms with Gasteiger partial charge in [0.25, 0.3) is 0 Å². The lowest BCUT2D eigenvalue weighted by atomic mass is 10.5. The number of amides is 2. The summed E-state index contributed by atoms with van der Waals surface area (Å²) in [5.41, 5.74) is 5.50. The zero-order valence-electron chi connectivity index (χ0n) is 5.72. The van der Waals surface area contributed by atoms with Gasteiger partial charge < -0.3 is 10.3 Å². The van der Waals surface area contributed by atoms with E-state index in [1.807, 2.05) is 0 Å². The van der Waals surface area contributed by atoms with Crippen LogP contribution in [0.5, 0.6) is 0 Å². The summed E-state index contributed by atoms with van der Waals surface area (Å²) >= 11 is 3.15. The largest absolute Gasteiger partial charge is 0.351 e. The van der Waals surface area contributed by atoms with Crippen LogP contribution in [-0.4, -0.2) is 11.2 Å². The van der Waals surface area contributed by atoms with Crippen LogP contribution in [-0.2, 0) is 0 Å². The van der Waals surface area contributed by atoms with Gasteiger partial charge in [0.05, 0.1) is 5.69 Å². The molecule has 6 heteroatoms. The number of anilines is 1. The summed E-state index contributed by atoms with van der Waals surface area (Å²) in [7, 11) is 0. The number of urea groups is 1. The molecular weight excluding hydrogens is 214 g/mol. The number of hydrogen-bond acceptors (Lipinski definition) is 3. The average Bonchev–Trinajstić information content (AvgIpc) is 2.18. The molecule has 1 aromatic heterocycles. The average molecular weight is 220 g/mol. The first-order chi connectivity index (χ1) is 5.11. The Balaban J connectivity index is 2.87. The third kappa shape index (κ3) is 1.70. The predicted molar refractivity (Wildman–Crippen MR) is 42.1 cm³/mol. The summed E-state index contributed by atoms with van der Waals surface area (Å²) in [4.78, 5) is 10.3. The molecule has 1 aromatic rings. The Morgan fingerprint density at radius 2 is 2.45 bits per heavy atom. The minimum Gasteiger partial charge on any atom is -0.351 e. The van der Waals surface area contributed by atoms with E-state index in [1.165, 1.54) is 0 Å². The highest BCUT2D eigenvalue weighted by molar-refractivity contribution is 9.10. The van der Waals surface area contributed by atoms with E-state index in [0.29, 0.717) is 10.2 Å². The van der Waals surface area contributed by atoms with E-state index in [9.17, 15) is 4.79 Å². The molecule has 0 aromatic carbocycles. The molecule has 11 heavy (non-hydrogen) atoms. The number of nitrogens with one attached hydrogen (secondary N) is 1. The van der Waals surface area contributed by atoms with Crippen LogP contribution >= 0.6 is 15.9 Å². The van der Waals surface area contributed by atoms with Gasteiger partial charge in [0.1, 0.15) is 4.47 Å². The van der Waals surface area contributed by atoms with E-state index < -0.39 is 6.03 Å². The van der Waals surface area contributed by atoms with Crippen molar-refractivity contribution in [3.8, 4) is 0 Å². The minimum absolute atomic E-state index is 0.231. The van der Waals surface area contributed by atoms with Crippen LogP contribution in [0, 0.1) is 6.92 Å². The normalized spacial score (nSPS) is 9.64.